The molecular weight excluding hydrogens is 357 g/mol. The molecular formula is C19H16FNO6. The number of hydrogen-bond donors (Lipinski definition) is 2. The Morgan fingerprint density at radius 2 is 1.93 bits per heavy atom. The molecule has 0 unspecified atom stereocenters. The molecule has 0 saturated carbocycles. The highest BCUT2D eigenvalue weighted by Crippen LogP contribution is 2.37. The molecule has 1 amide bonds. The van der Waals surface area contributed by atoms with E-state index in [9.17, 15) is 19.1 Å². The molecule has 0 fully saturated rings. The number of halogens is 1. The number of esters is 1. The lowest BCUT2D eigenvalue weighted by atomic mass is 10.0. The summed E-state index contributed by atoms with van der Waals surface area (Å²) in [5.41, 5.74) is 5.37. The van der Waals surface area contributed by atoms with E-state index in [1.807, 2.05) is 13.8 Å². The second-order valence-corrected chi connectivity index (χ2v) is 6.01. The first-order valence-electron chi connectivity index (χ1n) is 8.00. The van der Waals surface area contributed by atoms with Crippen molar-refractivity contribution in [3.63, 3.8) is 0 Å². The number of furan rings is 1. The zero-order chi connectivity index (χ0) is 19.7. The van der Waals surface area contributed by atoms with Gasteiger partial charge in [0.2, 0.25) is 0 Å². The van der Waals surface area contributed by atoms with Crippen molar-refractivity contribution in [2.75, 3.05) is 0 Å². The van der Waals surface area contributed by atoms with Crippen LogP contribution in [0.25, 0.3) is 22.3 Å². The predicted octanol–water partition coefficient (Wildman–Crippen LogP) is 3.97. The van der Waals surface area contributed by atoms with Crippen LogP contribution in [0, 0.1) is 5.82 Å². The Morgan fingerprint density at radius 1 is 1.19 bits per heavy atom. The Kier molecular flexibility index (Phi) is 4.72. The highest BCUT2D eigenvalue weighted by molar-refractivity contribution is 6.11. The van der Waals surface area contributed by atoms with Crippen molar-refractivity contribution in [1.29, 1.82) is 0 Å². The first-order chi connectivity index (χ1) is 12.8. The number of fused-ring (bicyclic) bond motifs is 1. The van der Waals surface area contributed by atoms with Gasteiger partial charge in [0.1, 0.15) is 22.7 Å². The Balaban J connectivity index is 2.23. The molecule has 3 aromatic rings. The van der Waals surface area contributed by atoms with E-state index in [2.05, 4.69) is 4.74 Å². The van der Waals surface area contributed by atoms with E-state index in [4.69, 9.17) is 14.9 Å². The number of ether oxygens (including phenoxy) is 2. The predicted molar refractivity (Wildman–Crippen MR) is 94.0 cm³/mol. The van der Waals surface area contributed by atoms with Gasteiger partial charge in [-0.1, -0.05) is 0 Å². The van der Waals surface area contributed by atoms with Gasteiger partial charge in [-0.15, -0.1) is 0 Å². The maximum atomic E-state index is 13.4. The third kappa shape index (κ3) is 3.69. The van der Waals surface area contributed by atoms with Gasteiger partial charge in [-0.25, -0.2) is 14.0 Å². The summed E-state index contributed by atoms with van der Waals surface area (Å²) in [6, 6.07) is 8.23. The average Bonchev–Trinajstić information content (AvgIpc) is 2.95. The number of carbonyl (C=O) groups excluding carboxylic acids is 2. The molecule has 3 N–H and O–H groups in total. The van der Waals surface area contributed by atoms with Crippen LogP contribution in [0.3, 0.4) is 0 Å². The summed E-state index contributed by atoms with van der Waals surface area (Å²) in [4.78, 5) is 23.5. The molecule has 0 spiro atoms. The van der Waals surface area contributed by atoms with Crippen LogP contribution in [0.15, 0.2) is 40.8 Å². The van der Waals surface area contributed by atoms with Crippen molar-refractivity contribution in [2.24, 2.45) is 5.73 Å². The topological polar surface area (TPSA) is 112 Å². The Bertz CT molecular complexity index is 1040. The normalized spacial score (nSPS) is 11.0. The number of nitrogens with two attached hydrogens (primary N) is 1. The molecule has 1 heterocycles. The fraction of sp³-hybridized carbons (Fsp3) is 0.158. The van der Waals surface area contributed by atoms with Gasteiger partial charge < -0.3 is 24.7 Å². The molecule has 0 bridgehead atoms. The molecule has 8 heteroatoms. The number of phenolic OH excluding ortho intramolecular Hbond substituents is 1. The summed E-state index contributed by atoms with van der Waals surface area (Å²) in [7, 11) is 0. The number of primary amides is 1. The molecule has 0 atom stereocenters. The third-order valence-electron chi connectivity index (χ3n) is 3.64. The number of aromatic hydroxyl groups is 1. The maximum absolute atomic E-state index is 13.4. The van der Waals surface area contributed by atoms with Crippen LogP contribution in [0.1, 0.15) is 24.2 Å². The Morgan fingerprint density at radius 3 is 2.56 bits per heavy atom. The smallest absolute Gasteiger partial charge is 0.412 e. The van der Waals surface area contributed by atoms with Crippen LogP contribution >= 0.6 is 0 Å². The Labute approximate surface area is 153 Å². The van der Waals surface area contributed by atoms with Gasteiger partial charge in [0.05, 0.1) is 6.10 Å². The minimum atomic E-state index is -1.28. The van der Waals surface area contributed by atoms with Crippen LogP contribution in [0.4, 0.5) is 9.18 Å². The highest BCUT2D eigenvalue weighted by Gasteiger charge is 2.26. The van der Waals surface area contributed by atoms with Gasteiger partial charge in [0, 0.05) is 10.9 Å². The molecule has 0 aliphatic carbocycles. The molecule has 0 aliphatic rings. The van der Waals surface area contributed by atoms with Crippen LogP contribution < -0.4 is 10.5 Å². The molecule has 1 aromatic heterocycles. The first kappa shape index (κ1) is 18.2. The van der Waals surface area contributed by atoms with Crippen molar-refractivity contribution in [2.45, 2.75) is 20.0 Å². The number of carbonyl (C=O) groups is 2. The third-order valence-corrected chi connectivity index (χ3v) is 3.64. The second-order valence-electron chi connectivity index (χ2n) is 6.01. The summed E-state index contributed by atoms with van der Waals surface area (Å²) in [5.74, 6) is -2.02. The number of amides is 1. The molecule has 27 heavy (non-hydrogen) atoms. The Hall–Kier alpha value is -3.55. The summed E-state index contributed by atoms with van der Waals surface area (Å²) in [6.45, 7) is 3.68. The fourth-order valence-electron chi connectivity index (χ4n) is 2.62. The van der Waals surface area contributed by atoms with E-state index in [-0.39, 0.29) is 23.0 Å². The molecule has 140 valence electrons. The summed E-state index contributed by atoms with van der Waals surface area (Å²) in [5, 5.41) is 9.95. The monoisotopic (exact) mass is 373 g/mol. The number of hydrogen-bond acceptors (Lipinski definition) is 6. The van der Waals surface area contributed by atoms with Gasteiger partial charge in [-0.2, -0.15) is 0 Å². The molecule has 0 radical (unpaired) electrons. The zero-order valence-corrected chi connectivity index (χ0v) is 14.5. The van der Waals surface area contributed by atoms with Gasteiger partial charge >= 0.3 is 12.1 Å². The molecule has 0 aliphatic heterocycles. The minimum Gasteiger partial charge on any atom is -0.505 e. The van der Waals surface area contributed by atoms with Crippen molar-refractivity contribution in [3.8, 4) is 22.8 Å². The number of benzene rings is 2. The van der Waals surface area contributed by atoms with Gasteiger partial charge in [-0.05, 0) is 50.2 Å². The van der Waals surface area contributed by atoms with E-state index in [1.165, 1.54) is 6.07 Å². The van der Waals surface area contributed by atoms with Gasteiger partial charge in [0.15, 0.2) is 11.6 Å². The molecule has 3 rings (SSSR count). The van der Waals surface area contributed by atoms with Crippen molar-refractivity contribution < 1.29 is 33.0 Å². The van der Waals surface area contributed by atoms with Crippen molar-refractivity contribution in [1.82, 2.24) is 0 Å². The van der Waals surface area contributed by atoms with E-state index < -0.39 is 23.6 Å². The van der Waals surface area contributed by atoms with Gasteiger partial charge in [0.25, 0.3) is 0 Å². The van der Waals surface area contributed by atoms with E-state index in [1.54, 1.807) is 18.2 Å². The fourth-order valence-corrected chi connectivity index (χ4v) is 2.62. The highest BCUT2D eigenvalue weighted by atomic mass is 19.1. The van der Waals surface area contributed by atoms with Crippen LogP contribution in [-0.4, -0.2) is 23.3 Å². The first-order valence-corrected chi connectivity index (χ1v) is 8.00. The molecule has 2 aromatic carbocycles. The lowest BCUT2D eigenvalue weighted by molar-refractivity contribution is 0.0640. The second kappa shape index (κ2) is 6.99. The average molecular weight is 373 g/mol. The lowest BCUT2D eigenvalue weighted by Gasteiger charge is -2.09. The summed E-state index contributed by atoms with van der Waals surface area (Å²) >= 11 is 0. The minimum absolute atomic E-state index is 0.00625. The van der Waals surface area contributed by atoms with E-state index >= 15 is 0 Å². The van der Waals surface area contributed by atoms with Gasteiger partial charge in [-0.3, -0.25) is 0 Å². The number of rotatable bonds is 4. The SMILES string of the molecule is CC(C)Oc1ccc2oc(-c3ccc(F)c(O)c3)c(C(=O)OC(N)=O)c2c1. The van der Waals surface area contributed by atoms with Crippen LogP contribution in [0.5, 0.6) is 11.5 Å². The quantitative estimate of drug-likeness (QED) is 0.529. The molecule has 7 nitrogen and oxygen atoms in total. The van der Waals surface area contributed by atoms with Crippen molar-refractivity contribution >= 4 is 23.0 Å². The largest absolute Gasteiger partial charge is 0.505 e. The standard InChI is InChI=1S/C19H16FNO6/c1-9(2)25-11-4-6-15-12(8-11)16(18(23)27-19(21)24)17(26-15)10-3-5-13(20)14(22)7-10/h3-9,22H,1-2H3,(H2,21,24). The molecule has 0 saturated heterocycles. The van der Waals surface area contributed by atoms with Crippen molar-refractivity contribution in [3.05, 3.63) is 47.8 Å². The zero-order valence-electron chi connectivity index (χ0n) is 14.5. The maximum Gasteiger partial charge on any atom is 0.412 e. The van der Waals surface area contributed by atoms with Crippen LogP contribution in [-0.2, 0) is 4.74 Å². The van der Waals surface area contributed by atoms with E-state index in [0.29, 0.717) is 16.7 Å². The van der Waals surface area contributed by atoms with Crippen LogP contribution in [0.2, 0.25) is 0 Å². The summed E-state index contributed by atoms with van der Waals surface area (Å²) in [6.07, 6.45) is -1.39. The summed E-state index contributed by atoms with van der Waals surface area (Å²) < 4.78 is 29.2. The number of phenols is 1. The van der Waals surface area contributed by atoms with E-state index in [0.717, 1.165) is 12.1 Å². The lowest BCUT2D eigenvalue weighted by Crippen LogP contribution is -2.18.